The van der Waals surface area contributed by atoms with Crippen molar-refractivity contribution in [2.45, 2.75) is 52.2 Å². The molecule has 18 heavy (non-hydrogen) atoms. The number of ether oxygens (including phenoxy) is 2. The van der Waals surface area contributed by atoms with Gasteiger partial charge in [0.1, 0.15) is 11.6 Å². The van der Waals surface area contributed by atoms with Gasteiger partial charge in [0, 0.05) is 6.61 Å². The Balaban J connectivity index is 2.41. The van der Waals surface area contributed by atoms with Gasteiger partial charge in [-0.25, -0.2) is 4.79 Å². The Labute approximate surface area is 108 Å². The van der Waals surface area contributed by atoms with Gasteiger partial charge < -0.3 is 14.8 Å². The van der Waals surface area contributed by atoms with Crippen LogP contribution < -0.4 is 5.32 Å². The summed E-state index contributed by atoms with van der Waals surface area (Å²) < 4.78 is 10.5. The van der Waals surface area contributed by atoms with Gasteiger partial charge in [0.2, 0.25) is 5.91 Å². The van der Waals surface area contributed by atoms with Gasteiger partial charge in [0.05, 0.1) is 12.5 Å². The summed E-state index contributed by atoms with van der Waals surface area (Å²) in [7, 11) is 0. The normalized spacial score (nSPS) is 22.1. The monoisotopic (exact) mass is 257 g/mol. The number of rotatable bonds is 3. The average molecular weight is 257 g/mol. The standard InChI is InChI=1S/C13H23NO4/c1-9(12(16)18-13(2,3)4)14-11(15)10-6-5-7-17-8-10/h9-10H,5-8H2,1-4H3,(H,14,15)/t9-,10?/m1/s1. The van der Waals surface area contributed by atoms with Crippen molar-refractivity contribution in [3.8, 4) is 0 Å². The highest BCUT2D eigenvalue weighted by Crippen LogP contribution is 2.14. The quantitative estimate of drug-likeness (QED) is 0.773. The molecule has 1 rings (SSSR count). The number of esters is 1. The molecule has 0 bridgehead atoms. The minimum absolute atomic E-state index is 0.131. The molecule has 0 aromatic rings. The maximum atomic E-state index is 11.9. The molecule has 1 aliphatic heterocycles. The van der Waals surface area contributed by atoms with E-state index in [4.69, 9.17) is 9.47 Å². The fourth-order valence-electron chi connectivity index (χ4n) is 1.73. The van der Waals surface area contributed by atoms with Crippen LogP contribution in [-0.2, 0) is 19.1 Å². The second-order valence-corrected chi connectivity index (χ2v) is 5.68. The lowest BCUT2D eigenvalue weighted by atomic mass is 10.0. The van der Waals surface area contributed by atoms with Crippen LogP contribution in [0.25, 0.3) is 0 Å². The summed E-state index contributed by atoms with van der Waals surface area (Å²) in [5.41, 5.74) is -0.538. The van der Waals surface area contributed by atoms with Gasteiger partial charge in [-0.15, -0.1) is 0 Å². The molecule has 1 amide bonds. The number of carbonyl (C=O) groups is 2. The molecule has 5 heteroatoms. The van der Waals surface area contributed by atoms with Crippen molar-refractivity contribution >= 4 is 11.9 Å². The molecule has 0 radical (unpaired) electrons. The summed E-state index contributed by atoms with van der Waals surface area (Å²) in [5.74, 6) is -0.690. The lowest BCUT2D eigenvalue weighted by Crippen LogP contribution is -2.45. The van der Waals surface area contributed by atoms with E-state index in [-0.39, 0.29) is 11.8 Å². The second kappa shape index (κ2) is 6.18. The lowest BCUT2D eigenvalue weighted by molar-refractivity contribution is -0.158. The first-order valence-electron chi connectivity index (χ1n) is 6.40. The summed E-state index contributed by atoms with van der Waals surface area (Å²) in [6, 6.07) is -0.626. The largest absolute Gasteiger partial charge is 0.458 e. The van der Waals surface area contributed by atoms with Crippen molar-refractivity contribution in [3.05, 3.63) is 0 Å². The van der Waals surface area contributed by atoms with E-state index in [0.717, 1.165) is 12.8 Å². The van der Waals surface area contributed by atoms with Gasteiger partial charge >= 0.3 is 5.97 Å². The Kier molecular flexibility index (Phi) is 5.14. The maximum absolute atomic E-state index is 11.9. The van der Waals surface area contributed by atoms with Crippen LogP contribution in [0.4, 0.5) is 0 Å². The van der Waals surface area contributed by atoms with Crippen LogP contribution >= 0.6 is 0 Å². The molecule has 5 nitrogen and oxygen atoms in total. The first-order chi connectivity index (χ1) is 8.29. The summed E-state index contributed by atoms with van der Waals surface area (Å²) in [4.78, 5) is 23.6. The molecule has 1 heterocycles. The number of hydrogen-bond acceptors (Lipinski definition) is 4. The second-order valence-electron chi connectivity index (χ2n) is 5.68. The van der Waals surface area contributed by atoms with E-state index in [2.05, 4.69) is 5.32 Å². The Bertz CT molecular complexity index is 303. The van der Waals surface area contributed by atoms with E-state index in [0.29, 0.717) is 13.2 Å². The zero-order valence-electron chi connectivity index (χ0n) is 11.6. The van der Waals surface area contributed by atoms with Gasteiger partial charge in [-0.1, -0.05) is 0 Å². The number of nitrogens with one attached hydrogen (secondary N) is 1. The van der Waals surface area contributed by atoms with Crippen molar-refractivity contribution in [1.82, 2.24) is 5.32 Å². The molecule has 0 aromatic heterocycles. The molecular formula is C13H23NO4. The number of hydrogen-bond donors (Lipinski definition) is 1. The highest BCUT2D eigenvalue weighted by Gasteiger charge is 2.27. The Morgan fingerprint density at radius 3 is 2.56 bits per heavy atom. The van der Waals surface area contributed by atoms with Gasteiger partial charge in [0.25, 0.3) is 0 Å². The van der Waals surface area contributed by atoms with Gasteiger partial charge in [-0.2, -0.15) is 0 Å². The lowest BCUT2D eigenvalue weighted by Gasteiger charge is -2.25. The molecule has 2 atom stereocenters. The van der Waals surface area contributed by atoms with Crippen LogP contribution in [0.5, 0.6) is 0 Å². The predicted molar refractivity (Wildman–Crippen MR) is 67.0 cm³/mol. The van der Waals surface area contributed by atoms with Gasteiger partial charge in [0.15, 0.2) is 0 Å². The topological polar surface area (TPSA) is 64.6 Å². The fourth-order valence-corrected chi connectivity index (χ4v) is 1.73. The molecule has 1 unspecified atom stereocenters. The third-order valence-electron chi connectivity index (χ3n) is 2.65. The number of carbonyl (C=O) groups excluding carboxylic acids is 2. The van der Waals surface area contributed by atoms with E-state index in [1.54, 1.807) is 27.7 Å². The molecule has 1 fully saturated rings. The van der Waals surface area contributed by atoms with E-state index >= 15 is 0 Å². The molecule has 1 aliphatic rings. The SMILES string of the molecule is C[C@@H](NC(=O)C1CCCOC1)C(=O)OC(C)(C)C. The minimum Gasteiger partial charge on any atom is -0.458 e. The minimum atomic E-state index is -0.626. The van der Waals surface area contributed by atoms with Crippen LogP contribution in [-0.4, -0.2) is 36.7 Å². The highest BCUT2D eigenvalue weighted by molar-refractivity contribution is 5.85. The third kappa shape index (κ3) is 5.04. The van der Waals surface area contributed by atoms with Crippen LogP contribution in [0.2, 0.25) is 0 Å². The highest BCUT2D eigenvalue weighted by atomic mass is 16.6. The molecule has 0 aromatic carbocycles. The third-order valence-corrected chi connectivity index (χ3v) is 2.65. The molecular weight excluding hydrogens is 234 g/mol. The Morgan fingerprint density at radius 1 is 1.39 bits per heavy atom. The fraction of sp³-hybridized carbons (Fsp3) is 0.846. The van der Waals surface area contributed by atoms with Crippen molar-refractivity contribution in [2.75, 3.05) is 13.2 Å². The zero-order chi connectivity index (χ0) is 13.8. The smallest absolute Gasteiger partial charge is 0.328 e. The van der Waals surface area contributed by atoms with E-state index in [1.807, 2.05) is 0 Å². The summed E-state index contributed by atoms with van der Waals surface area (Å²) in [6.07, 6.45) is 1.70. The van der Waals surface area contributed by atoms with Crippen molar-refractivity contribution in [3.63, 3.8) is 0 Å². The molecule has 1 saturated heterocycles. The number of amides is 1. The van der Waals surface area contributed by atoms with Crippen LogP contribution in [0.3, 0.4) is 0 Å². The van der Waals surface area contributed by atoms with Crippen molar-refractivity contribution in [1.29, 1.82) is 0 Å². The Hall–Kier alpha value is -1.10. The molecule has 1 N–H and O–H groups in total. The predicted octanol–water partition coefficient (Wildman–Crippen LogP) is 1.26. The van der Waals surface area contributed by atoms with E-state index < -0.39 is 17.6 Å². The van der Waals surface area contributed by atoms with Crippen LogP contribution in [0.1, 0.15) is 40.5 Å². The maximum Gasteiger partial charge on any atom is 0.328 e. The van der Waals surface area contributed by atoms with Crippen molar-refractivity contribution in [2.24, 2.45) is 5.92 Å². The molecule has 0 spiro atoms. The summed E-state index contributed by atoms with van der Waals surface area (Å²) >= 11 is 0. The average Bonchev–Trinajstić information content (AvgIpc) is 2.27. The van der Waals surface area contributed by atoms with Crippen LogP contribution in [0.15, 0.2) is 0 Å². The molecule has 0 aliphatic carbocycles. The Morgan fingerprint density at radius 2 is 2.06 bits per heavy atom. The summed E-state index contributed by atoms with van der Waals surface area (Å²) in [6.45, 7) is 8.19. The first kappa shape index (κ1) is 15.0. The van der Waals surface area contributed by atoms with E-state index in [1.165, 1.54) is 0 Å². The molecule has 104 valence electrons. The molecule has 0 saturated carbocycles. The first-order valence-corrected chi connectivity index (χ1v) is 6.40. The van der Waals surface area contributed by atoms with Gasteiger partial charge in [-0.05, 0) is 40.5 Å². The summed E-state index contributed by atoms with van der Waals surface area (Å²) in [5, 5.41) is 2.68. The van der Waals surface area contributed by atoms with Crippen LogP contribution in [0, 0.1) is 5.92 Å². The van der Waals surface area contributed by atoms with Gasteiger partial charge in [-0.3, -0.25) is 4.79 Å². The zero-order valence-corrected chi connectivity index (χ0v) is 11.6. The van der Waals surface area contributed by atoms with Crippen molar-refractivity contribution < 1.29 is 19.1 Å². The van der Waals surface area contributed by atoms with E-state index in [9.17, 15) is 9.59 Å².